The standard InChI is InChI=1S/C24H22Cl2N2O6S/c1-3-12-33-22-10-4-16(14-23(22)32-2)24(29)28-27-15-17-13-19(26)7-11-21(17)34-35(30,31)20-8-5-18(25)6-9-20/h4-11,13-15H,3,12H2,1-2H3,(H,28,29)/b27-15+. The van der Waals surface area contributed by atoms with Crippen LogP contribution in [0.25, 0.3) is 0 Å². The van der Waals surface area contributed by atoms with E-state index in [0.29, 0.717) is 28.2 Å². The van der Waals surface area contributed by atoms with Crippen LogP contribution < -0.4 is 19.1 Å². The van der Waals surface area contributed by atoms with E-state index in [0.717, 1.165) is 6.42 Å². The van der Waals surface area contributed by atoms with Gasteiger partial charge in [0.05, 0.1) is 19.9 Å². The zero-order valence-electron chi connectivity index (χ0n) is 18.8. The van der Waals surface area contributed by atoms with E-state index in [1.165, 1.54) is 61.9 Å². The molecule has 0 saturated carbocycles. The van der Waals surface area contributed by atoms with Crippen LogP contribution in [0.15, 0.2) is 70.7 Å². The van der Waals surface area contributed by atoms with Gasteiger partial charge in [-0.1, -0.05) is 30.1 Å². The van der Waals surface area contributed by atoms with Crippen molar-refractivity contribution in [1.29, 1.82) is 0 Å². The number of hydrogen-bond donors (Lipinski definition) is 1. The number of amides is 1. The molecule has 0 heterocycles. The van der Waals surface area contributed by atoms with Gasteiger partial charge in [0.15, 0.2) is 17.2 Å². The summed E-state index contributed by atoms with van der Waals surface area (Å²) in [7, 11) is -2.67. The van der Waals surface area contributed by atoms with Crippen molar-refractivity contribution < 1.29 is 26.9 Å². The average molecular weight is 537 g/mol. The fourth-order valence-corrected chi connectivity index (χ4v) is 4.09. The highest BCUT2D eigenvalue weighted by molar-refractivity contribution is 7.87. The summed E-state index contributed by atoms with van der Waals surface area (Å²) < 4.78 is 41.4. The van der Waals surface area contributed by atoms with Crippen molar-refractivity contribution in [3.63, 3.8) is 0 Å². The number of benzene rings is 3. The Morgan fingerprint density at radius 1 is 0.971 bits per heavy atom. The fraction of sp³-hybridized carbons (Fsp3) is 0.167. The maximum absolute atomic E-state index is 12.6. The Morgan fingerprint density at radius 2 is 1.66 bits per heavy atom. The van der Waals surface area contributed by atoms with Crippen LogP contribution in [0, 0.1) is 0 Å². The topological polar surface area (TPSA) is 103 Å². The van der Waals surface area contributed by atoms with E-state index >= 15 is 0 Å². The number of rotatable bonds is 10. The Kier molecular flexibility index (Phi) is 8.97. The molecule has 3 aromatic carbocycles. The van der Waals surface area contributed by atoms with Gasteiger partial charge < -0.3 is 13.7 Å². The maximum atomic E-state index is 12.6. The first-order valence-electron chi connectivity index (χ1n) is 10.4. The monoisotopic (exact) mass is 536 g/mol. The molecule has 8 nitrogen and oxygen atoms in total. The zero-order chi connectivity index (χ0) is 25.4. The van der Waals surface area contributed by atoms with Crippen LogP contribution in [0.3, 0.4) is 0 Å². The second kappa shape index (κ2) is 11.9. The summed E-state index contributed by atoms with van der Waals surface area (Å²) in [6.07, 6.45) is 2.06. The summed E-state index contributed by atoms with van der Waals surface area (Å²) in [6, 6.07) is 14.6. The predicted octanol–water partition coefficient (Wildman–Crippen LogP) is 5.32. The van der Waals surface area contributed by atoms with E-state index in [4.69, 9.17) is 36.9 Å². The van der Waals surface area contributed by atoms with Gasteiger partial charge in [0.1, 0.15) is 4.90 Å². The third-order valence-electron chi connectivity index (χ3n) is 4.53. The van der Waals surface area contributed by atoms with Gasteiger partial charge in [-0.2, -0.15) is 13.5 Å². The molecule has 11 heteroatoms. The van der Waals surface area contributed by atoms with Crippen LogP contribution in [0.5, 0.6) is 17.2 Å². The molecule has 0 saturated heterocycles. The summed E-state index contributed by atoms with van der Waals surface area (Å²) in [5.41, 5.74) is 2.90. The lowest BCUT2D eigenvalue weighted by Crippen LogP contribution is -2.18. The van der Waals surface area contributed by atoms with Gasteiger partial charge in [0.2, 0.25) is 0 Å². The number of hydrazone groups is 1. The van der Waals surface area contributed by atoms with Crippen LogP contribution >= 0.6 is 23.2 Å². The minimum atomic E-state index is -4.14. The third kappa shape index (κ3) is 7.11. The molecule has 1 N–H and O–H groups in total. The molecule has 3 rings (SSSR count). The smallest absolute Gasteiger partial charge is 0.339 e. The van der Waals surface area contributed by atoms with Gasteiger partial charge in [-0.25, -0.2) is 5.43 Å². The van der Waals surface area contributed by atoms with Gasteiger partial charge in [-0.15, -0.1) is 0 Å². The molecular formula is C24H22Cl2N2O6S. The van der Waals surface area contributed by atoms with Gasteiger partial charge in [0.25, 0.3) is 5.91 Å². The third-order valence-corrected chi connectivity index (χ3v) is 6.27. The van der Waals surface area contributed by atoms with Gasteiger partial charge in [-0.05, 0) is 67.1 Å². The van der Waals surface area contributed by atoms with Gasteiger partial charge in [-0.3, -0.25) is 4.79 Å². The summed E-state index contributed by atoms with van der Waals surface area (Å²) in [6.45, 7) is 2.50. The fourth-order valence-electron chi connectivity index (χ4n) is 2.83. The van der Waals surface area contributed by atoms with Crippen LogP contribution in [0.1, 0.15) is 29.3 Å². The van der Waals surface area contributed by atoms with Crippen LogP contribution in [-0.2, 0) is 10.1 Å². The lowest BCUT2D eigenvalue weighted by Gasteiger charge is -2.11. The second-order valence-electron chi connectivity index (χ2n) is 7.09. The molecule has 0 atom stereocenters. The first kappa shape index (κ1) is 26.3. The van der Waals surface area contributed by atoms with Crippen molar-refractivity contribution in [2.45, 2.75) is 18.2 Å². The number of methoxy groups -OCH3 is 1. The number of halogens is 2. The molecule has 0 aromatic heterocycles. The molecule has 0 fully saturated rings. The lowest BCUT2D eigenvalue weighted by atomic mass is 10.2. The summed E-state index contributed by atoms with van der Waals surface area (Å²) in [5, 5.41) is 4.62. The van der Waals surface area contributed by atoms with Crippen molar-refractivity contribution in [1.82, 2.24) is 5.43 Å². The molecule has 1 amide bonds. The maximum Gasteiger partial charge on any atom is 0.339 e. The Morgan fingerprint density at radius 3 is 2.34 bits per heavy atom. The highest BCUT2D eigenvalue weighted by atomic mass is 35.5. The normalized spacial score (nSPS) is 11.3. The molecule has 184 valence electrons. The molecule has 0 bridgehead atoms. The molecular weight excluding hydrogens is 515 g/mol. The quantitative estimate of drug-likeness (QED) is 0.213. The minimum Gasteiger partial charge on any atom is -0.493 e. The molecule has 0 spiro atoms. The van der Waals surface area contributed by atoms with E-state index < -0.39 is 16.0 Å². The zero-order valence-corrected chi connectivity index (χ0v) is 21.2. The largest absolute Gasteiger partial charge is 0.493 e. The Labute approximate surface area is 213 Å². The SMILES string of the molecule is CCCOc1ccc(C(=O)N/N=C/c2cc(Cl)ccc2OS(=O)(=O)c2ccc(Cl)cc2)cc1OC. The van der Waals surface area contributed by atoms with Gasteiger partial charge in [0, 0.05) is 21.2 Å². The Bertz CT molecular complexity index is 1330. The number of ether oxygens (including phenoxy) is 2. The molecule has 35 heavy (non-hydrogen) atoms. The Hall–Kier alpha value is -3.27. The van der Waals surface area contributed by atoms with E-state index in [9.17, 15) is 13.2 Å². The lowest BCUT2D eigenvalue weighted by molar-refractivity contribution is 0.0954. The van der Waals surface area contributed by atoms with Crippen molar-refractivity contribution in [2.24, 2.45) is 5.10 Å². The number of carbonyl (C=O) groups is 1. The van der Waals surface area contributed by atoms with E-state index in [1.807, 2.05) is 6.92 Å². The minimum absolute atomic E-state index is 0.0264. The summed E-state index contributed by atoms with van der Waals surface area (Å²) in [4.78, 5) is 12.5. The molecule has 0 aliphatic heterocycles. The first-order chi connectivity index (χ1) is 16.7. The predicted molar refractivity (Wildman–Crippen MR) is 135 cm³/mol. The van der Waals surface area contributed by atoms with Crippen LogP contribution in [0.2, 0.25) is 10.0 Å². The Balaban J connectivity index is 1.76. The van der Waals surface area contributed by atoms with Crippen LogP contribution in [-0.4, -0.2) is 34.3 Å². The summed E-state index contributed by atoms with van der Waals surface area (Å²) >= 11 is 11.9. The molecule has 0 aliphatic rings. The molecule has 0 aliphatic carbocycles. The van der Waals surface area contributed by atoms with Crippen molar-refractivity contribution >= 4 is 45.4 Å². The van der Waals surface area contributed by atoms with Crippen molar-refractivity contribution in [2.75, 3.05) is 13.7 Å². The van der Waals surface area contributed by atoms with Crippen LogP contribution in [0.4, 0.5) is 0 Å². The molecule has 3 aromatic rings. The van der Waals surface area contributed by atoms with Crippen molar-refractivity contribution in [3.8, 4) is 17.2 Å². The molecule has 0 unspecified atom stereocenters. The average Bonchev–Trinajstić information content (AvgIpc) is 2.84. The van der Waals surface area contributed by atoms with E-state index in [-0.39, 0.29) is 21.8 Å². The van der Waals surface area contributed by atoms with Gasteiger partial charge >= 0.3 is 10.1 Å². The van der Waals surface area contributed by atoms with E-state index in [2.05, 4.69) is 10.5 Å². The highest BCUT2D eigenvalue weighted by Crippen LogP contribution is 2.28. The number of hydrogen-bond acceptors (Lipinski definition) is 7. The number of carbonyl (C=O) groups excluding carboxylic acids is 1. The first-order valence-corrected chi connectivity index (χ1v) is 12.5. The van der Waals surface area contributed by atoms with E-state index in [1.54, 1.807) is 12.1 Å². The molecule has 0 radical (unpaired) electrons. The summed E-state index contributed by atoms with van der Waals surface area (Å²) in [5.74, 6) is 0.395. The second-order valence-corrected chi connectivity index (χ2v) is 9.51. The number of nitrogens with zero attached hydrogens (tertiary/aromatic N) is 1. The number of nitrogens with one attached hydrogen (secondary N) is 1. The highest BCUT2D eigenvalue weighted by Gasteiger charge is 2.18. The van der Waals surface area contributed by atoms with Crippen molar-refractivity contribution in [3.05, 3.63) is 81.8 Å².